The van der Waals surface area contributed by atoms with Crippen LogP contribution >= 0.6 is 11.6 Å². The summed E-state index contributed by atoms with van der Waals surface area (Å²) in [5.41, 5.74) is 0.967. The van der Waals surface area contributed by atoms with Gasteiger partial charge in [0, 0.05) is 18.8 Å². The van der Waals surface area contributed by atoms with Crippen molar-refractivity contribution in [3.05, 3.63) is 53.6 Å². The van der Waals surface area contributed by atoms with Gasteiger partial charge in [-0.25, -0.2) is 8.42 Å². The Hall–Kier alpha value is -2.50. The van der Waals surface area contributed by atoms with Gasteiger partial charge in [0.05, 0.1) is 41.9 Å². The predicted molar refractivity (Wildman–Crippen MR) is 122 cm³/mol. The maximum absolute atomic E-state index is 12.7. The van der Waals surface area contributed by atoms with E-state index in [4.69, 9.17) is 16.3 Å². The van der Waals surface area contributed by atoms with Crippen LogP contribution in [0.25, 0.3) is 0 Å². The molecule has 2 amide bonds. The van der Waals surface area contributed by atoms with E-state index in [2.05, 4.69) is 10.6 Å². The first-order valence-corrected chi connectivity index (χ1v) is 11.8. The third-order valence-corrected chi connectivity index (χ3v) is 6.96. The highest BCUT2D eigenvalue weighted by molar-refractivity contribution is 7.89. The van der Waals surface area contributed by atoms with Crippen molar-refractivity contribution in [2.75, 3.05) is 57.1 Å². The zero-order valence-electron chi connectivity index (χ0n) is 17.6. The summed E-state index contributed by atoms with van der Waals surface area (Å²) >= 11 is 6.02. The van der Waals surface area contributed by atoms with Gasteiger partial charge in [0.25, 0.3) is 0 Å². The Balaban J connectivity index is 1.50. The minimum atomic E-state index is -3.59. The second-order valence-corrected chi connectivity index (χ2v) is 9.63. The lowest BCUT2D eigenvalue weighted by Crippen LogP contribution is -2.40. The zero-order chi connectivity index (χ0) is 23.1. The number of hydrogen-bond donors (Lipinski definition) is 2. The summed E-state index contributed by atoms with van der Waals surface area (Å²) in [7, 11) is -1.95. The molecule has 0 atom stereocenters. The van der Waals surface area contributed by atoms with E-state index in [1.807, 2.05) is 0 Å². The maximum Gasteiger partial charge on any atom is 0.243 e. The molecule has 0 aromatic heterocycles. The van der Waals surface area contributed by atoms with Gasteiger partial charge in [-0.2, -0.15) is 4.31 Å². The number of carbonyl (C=O) groups is 2. The molecule has 32 heavy (non-hydrogen) atoms. The molecule has 0 spiro atoms. The van der Waals surface area contributed by atoms with Gasteiger partial charge in [0.2, 0.25) is 21.8 Å². The molecule has 1 aliphatic heterocycles. The Labute approximate surface area is 192 Å². The molecule has 3 rings (SSSR count). The Morgan fingerprint density at radius 2 is 1.59 bits per heavy atom. The minimum absolute atomic E-state index is 0.00459. The van der Waals surface area contributed by atoms with Crippen molar-refractivity contribution >= 4 is 44.8 Å². The van der Waals surface area contributed by atoms with Gasteiger partial charge in [-0.15, -0.1) is 0 Å². The predicted octanol–water partition coefficient (Wildman–Crippen LogP) is 1.87. The van der Waals surface area contributed by atoms with E-state index in [0.29, 0.717) is 42.7 Å². The first-order valence-electron chi connectivity index (χ1n) is 9.96. The van der Waals surface area contributed by atoms with Crippen molar-refractivity contribution in [1.82, 2.24) is 9.21 Å². The number of carbonyl (C=O) groups excluding carboxylic acids is 2. The maximum atomic E-state index is 12.7. The van der Waals surface area contributed by atoms with Gasteiger partial charge in [-0.3, -0.25) is 14.5 Å². The minimum Gasteiger partial charge on any atom is -0.379 e. The molecule has 11 heteroatoms. The third kappa shape index (κ3) is 6.50. The van der Waals surface area contributed by atoms with E-state index in [1.165, 1.54) is 28.6 Å². The van der Waals surface area contributed by atoms with Crippen molar-refractivity contribution < 1.29 is 22.7 Å². The fourth-order valence-electron chi connectivity index (χ4n) is 3.15. The van der Waals surface area contributed by atoms with Crippen molar-refractivity contribution in [3.63, 3.8) is 0 Å². The number of benzene rings is 2. The second-order valence-electron chi connectivity index (χ2n) is 7.29. The molecule has 172 valence electrons. The molecule has 1 heterocycles. The number of rotatable bonds is 8. The Morgan fingerprint density at radius 1 is 1.00 bits per heavy atom. The Bertz CT molecular complexity index is 1060. The van der Waals surface area contributed by atoms with Crippen molar-refractivity contribution in [2.24, 2.45) is 0 Å². The average Bonchev–Trinajstić information content (AvgIpc) is 2.76. The molecule has 2 aromatic carbocycles. The van der Waals surface area contributed by atoms with E-state index in [0.717, 1.165) is 0 Å². The van der Waals surface area contributed by atoms with Gasteiger partial charge in [-0.05, 0) is 43.4 Å². The van der Waals surface area contributed by atoms with Gasteiger partial charge in [-0.1, -0.05) is 23.7 Å². The van der Waals surface area contributed by atoms with E-state index in [1.54, 1.807) is 36.2 Å². The SMILES string of the molecule is CN(CC(=O)Nc1ccc(S(=O)(=O)N2CCOCC2)cc1)CC(=O)Nc1ccccc1Cl. The molecular formula is C21H25ClN4O5S. The molecule has 1 aliphatic rings. The second kappa shape index (κ2) is 10.9. The number of likely N-dealkylation sites (N-methyl/N-ethyl adjacent to an activating group) is 1. The molecule has 0 bridgehead atoms. The number of nitrogens with one attached hydrogen (secondary N) is 2. The van der Waals surface area contributed by atoms with Crippen LogP contribution in [0.5, 0.6) is 0 Å². The smallest absolute Gasteiger partial charge is 0.243 e. The van der Waals surface area contributed by atoms with Crippen LogP contribution in [-0.4, -0.2) is 75.9 Å². The van der Waals surface area contributed by atoms with Crippen LogP contribution in [0, 0.1) is 0 Å². The summed E-state index contributed by atoms with van der Waals surface area (Å²) in [6.07, 6.45) is 0. The summed E-state index contributed by atoms with van der Waals surface area (Å²) in [6, 6.07) is 12.9. The van der Waals surface area contributed by atoms with Gasteiger partial charge < -0.3 is 15.4 Å². The fraction of sp³-hybridized carbons (Fsp3) is 0.333. The number of para-hydroxylation sites is 1. The topological polar surface area (TPSA) is 108 Å². The van der Waals surface area contributed by atoms with Crippen LogP contribution in [0.4, 0.5) is 11.4 Å². The largest absolute Gasteiger partial charge is 0.379 e. The van der Waals surface area contributed by atoms with Crippen molar-refractivity contribution in [1.29, 1.82) is 0 Å². The summed E-state index contributed by atoms with van der Waals surface area (Å²) in [6.45, 7) is 1.35. The fourth-order valence-corrected chi connectivity index (χ4v) is 4.74. The Kier molecular flexibility index (Phi) is 8.21. The molecule has 0 unspecified atom stereocenters. The number of amides is 2. The van der Waals surface area contributed by atoms with Crippen LogP contribution in [-0.2, 0) is 24.3 Å². The van der Waals surface area contributed by atoms with E-state index in [-0.39, 0.29) is 29.8 Å². The summed E-state index contributed by atoms with van der Waals surface area (Å²) < 4.78 is 31.9. The van der Waals surface area contributed by atoms with Crippen LogP contribution in [0.15, 0.2) is 53.4 Å². The van der Waals surface area contributed by atoms with Crippen LogP contribution < -0.4 is 10.6 Å². The average molecular weight is 481 g/mol. The summed E-state index contributed by atoms with van der Waals surface area (Å²) in [5.74, 6) is -0.632. The molecule has 1 fully saturated rings. The highest BCUT2D eigenvalue weighted by Crippen LogP contribution is 2.21. The molecule has 9 nitrogen and oxygen atoms in total. The quantitative estimate of drug-likeness (QED) is 0.597. The first-order chi connectivity index (χ1) is 15.3. The number of nitrogens with zero attached hydrogens (tertiary/aromatic N) is 2. The molecule has 2 N–H and O–H groups in total. The monoisotopic (exact) mass is 480 g/mol. The molecule has 0 aliphatic carbocycles. The molecule has 1 saturated heterocycles. The van der Waals surface area contributed by atoms with E-state index in [9.17, 15) is 18.0 Å². The molecular weight excluding hydrogens is 456 g/mol. The number of sulfonamides is 1. The molecule has 2 aromatic rings. The lowest BCUT2D eigenvalue weighted by Gasteiger charge is -2.26. The third-order valence-electron chi connectivity index (χ3n) is 4.72. The summed E-state index contributed by atoms with van der Waals surface area (Å²) in [5, 5.41) is 5.83. The van der Waals surface area contributed by atoms with Crippen molar-refractivity contribution in [3.8, 4) is 0 Å². The standard InChI is InChI=1S/C21H25ClN4O5S/c1-25(15-21(28)24-19-5-3-2-4-18(19)22)14-20(27)23-16-6-8-17(9-7-16)32(29,30)26-10-12-31-13-11-26/h2-9H,10-15H2,1H3,(H,23,27)(H,24,28). The van der Waals surface area contributed by atoms with Crippen LogP contribution in [0.2, 0.25) is 5.02 Å². The zero-order valence-corrected chi connectivity index (χ0v) is 19.2. The number of hydrogen-bond acceptors (Lipinski definition) is 6. The van der Waals surface area contributed by atoms with Gasteiger partial charge in [0.15, 0.2) is 0 Å². The van der Waals surface area contributed by atoms with Crippen molar-refractivity contribution in [2.45, 2.75) is 4.90 Å². The number of morpholine rings is 1. The lowest BCUT2D eigenvalue weighted by atomic mass is 10.3. The first kappa shape index (κ1) is 24.1. The van der Waals surface area contributed by atoms with Gasteiger partial charge in [0.1, 0.15) is 0 Å². The number of anilines is 2. The van der Waals surface area contributed by atoms with Crippen LogP contribution in [0.3, 0.4) is 0 Å². The van der Waals surface area contributed by atoms with Crippen LogP contribution in [0.1, 0.15) is 0 Å². The van der Waals surface area contributed by atoms with Gasteiger partial charge >= 0.3 is 0 Å². The normalized spacial score (nSPS) is 14.8. The Morgan fingerprint density at radius 3 is 2.22 bits per heavy atom. The highest BCUT2D eigenvalue weighted by Gasteiger charge is 2.26. The van der Waals surface area contributed by atoms with E-state index < -0.39 is 10.0 Å². The molecule has 0 saturated carbocycles. The summed E-state index contributed by atoms with van der Waals surface area (Å²) in [4.78, 5) is 26.2. The number of ether oxygens (including phenoxy) is 1. The van der Waals surface area contributed by atoms with E-state index >= 15 is 0 Å². The highest BCUT2D eigenvalue weighted by atomic mass is 35.5. The molecule has 0 radical (unpaired) electrons. The lowest BCUT2D eigenvalue weighted by molar-refractivity contribution is -0.119. The number of halogens is 1.